The van der Waals surface area contributed by atoms with Gasteiger partial charge in [0.05, 0.1) is 42.6 Å². The minimum absolute atomic E-state index is 0.0225. The van der Waals surface area contributed by atoms with Crippen molar-refractivity contribution in [1.82, 2.24) is 25.8 Å². The van der Waals surface area contributed by atoms with Gasteiger partial charge in [0, 0.05) is 19.3 Å². The molecule has 0 aromatic heterocycles. The van der Waals surface area contributed by atoms with Gasteiger partial charge in [-0.15, -0.1) is 0 Å². The van der Waals surface area contributed by atoms with Crippen molar-refractivity contribution in [3.05, 3.63) is 23.8 Å². The Bertz CT molecular complexity index is 1010. The van der Waals surface area contributed by atoms with E-state index in [-0.39, 0.29) is 18.4 Å². The molecule has 1 aromatic carbocycles. The first-order valence-electron chi connectivity index (χ1n) is 14.5. The summed E-state index contributed by atoms with van der Waals surface area (Å²) in [5.74, 6) is 1.51. The quantitative estimate of drug-likeness (QED) is 0.225. The van der Waals surface area contributed by atoms with Gasteiger partial charge in [-0.2, -0.15) is 0 Å². The predicted molar refractivity (Wildman–Crippen MR) is 145 cm³/mol. The van der Waals surface area contributed by atoms with E-state index in [4.69, 9.17) is 10.5 Å². The van der Waals surface area contributed by atoms with Gasteiger partial charge in [0.15, 0.2) is 0 Å². The van der Waals surface area contributed by atoms with E-state index in [1.165, 1.54) is 49.0 Å². The maximum Gasteiger partial charge on any atom is 0.142 e. The fraction of sp³-hybridized carbons (Fsp3) is 0.778. The molecule has 3 saturated heterocycles. The molecule has 0 radical (unpaired) electrons. The van der Waals surface area contributed by atoms with Crippen LogP contribution in [-0.4, -0.2) is 102 Å². The number of aliphatic hydroxyl groups is 2. The smallest absolute Gasteiger partial charge is 0.142 e. The summed E-state index contributed by atoms with van der Waals surface area (Å²) in [7, 11) is 2.12. The van der Waals surface area contributed by atoms with Crippen molar-refractivity contribution in [2.24, 2.45) is 11.7 Å². The molecule has 0 spiro atoms. The zero-order valence-corrected chi connectivity index (χ0v) is 22.2. The van der Waals surface area contributed by atoms with Crippen LogP contribution in [-0.2, 0) is 4.74 Å². The molecule has 2 aliphatic carbocycles. The van der Waals surface area contributed by atoms with Gasteiger partial charge >= 0.3 is 0 Å². The van der Waals surface area contributed by atoms with E-state index in [0.717, 1.165) is 18.3 Å². The van der Waals surface area contributed by atoms with Crippen LogP contribution in [0.4, 0.5) is 11.4 Å². The molecular weight excluding hydrogens is 484 g/mol. The Balaban J connectivity index is 0.856. The van der Waals surface area contributed by atoms with Gasteiger partial charge in [-0.3, -0.25) is 16.0 Å². The van der Waals surface area contributed by atoms with Gasteiger partial charge in [-0.05, 0) is 75.1 Å². The van der Waals surface area contributed by atoms with Crippen molar-refractivity contribution in [2.45, 2.75) is 99.6 Å². The SMILES string of the molecule is CN(C[C@H]1O[C@@H](N2CNC3C(N)NCNC32)[C@H](O)[C@@H]1O)C1CC(CCC2Nc3ccc(C4CC4)cc3N2)C1. The minimum Gasteiger partial charge on any atom is -0.387 e. The summed E-state index contributed by atoms with van der Waals surface area (Å²) in [6.45, 7) is 1.76. The second kappa shape index (κ2) is 10.1. The number of hydrogen-bond donors (Lipinski definition) is 8. The molecule has 7 rings (SSSR count). The number of benzene rings is 1. The predicted octanol–water partition coefficient (Wildman–Crippen LogP) is -0.343. The van der Waals surface area contributed by atoms with Gasteiger partial charge in [0.25, 0.3) is 0 Å². The highest BCUT2D eigenvalue weighted by molar-refractivity contribution is 5.75. The zero-order valence-electron chi connectivity index (χ0n) is 22.2. The number of fused-ring (bicyclic) bond motifs is 2. The number of anilines is 2. The molecule has 11 heteroatoms. The lowest BCUT2D eigenvalue weighted by Gasteiger charge is -2.42. The lowest BCUT2D eigenvalue weighted by Crippen LogP contribution is -2.68. The number of likely N-dealkylation sites (N-methyl/N-ethyl adjacent to an activating group) is 1. The van der Waals surface area contributed by atoms with Crippen molar-refractivity contribution in [3.63, 3.8) is 0 Å². The molecule has 11 nitrogen and oxygen atoms in total. The van der Waals surface area contributed by atoms with Crippen LogP contribution in [0.3, 0.4) is 0 Å². The number of nitrogens with zero attached hydrogens (tertiary/aromatic N) is 2. The standard InChI is InChI=1S/C27H44N8O3/c1-34(11-20-23(36)24(37)27(38-20)35-13-31-22-25(28)29-12-30-26(22)35)17-8-14(9-17)2-7-21-32-18-6-5-16(15-3-4-15)10-19(18)33-21/h5-6,10,14-15,17,20-27,29-33,36-37H,2-4,7-9,11-13,28H2,1H3/t14?,17?,20-,21?,22?,23-,24-,25?,26?,27-/m1/s1. The van der Waals surface area contributed by atoms with Gasteiger partial charge in [-0.25, -0.2) is 4.90 Å². The first-order valence-corrected chi connectivity index (χ1v) is 14.5. The van der Waals surface area contributed by atoms with Crippen molar-refractivity contribution >= 4 is 11.4 Å². The van der Waals surface area contributed by atoms with Gasteiger partial charge in [0.1, 0.15) is 24.5 Å². The molecule has 5 fully saturated rings. The highest BCUT2D eigenvalue weighted by Gasteiger charge is 2.52. The molecule has 4 aliphatic heterocycles. The fourth-order valence-electron chi connectivity index (χ4n) is 7.17. The number of rotatable bonds is 8. The van der Waals surface area contributed by atoms with E-state index >= 15 is 0 Å². The summed E-state index contributed by atoms with van der Waals surface area (Å²) in [4.78, 5) is 4.36. The van der Waals surface area contributed by atoms with Crippen LogP contribution in [0.15, 0.2) is 18.2 Å². The molecule has 9 N–H and O–H groups in total. The average molecular weight is 529 g/mol. The summed E-state index contributed by atoms with van der Waals surface area (Å²) >= 11 is 0. The van der Waals surface area contributed by atoms with Gasteiger partial charge in [0.2, 0.25) is 0 Å². The number of hydrogen-bond acceptors (Lipinski definition) is 11. The fourth-order valence-corrected chi connectivity index (χ4v) is 7.17. The highest BCUT2D eigenvalue weighted by atomic mass is 16.6. The second-order valence-electron chi connectivity index (χ2n) is 12.4. The van der Waals surface area contributed by atoms with E-state index in [9.17, 15) is 10.2 Å². The van der Waals surface area contributed by atoms with Crippen LogP contribution in [0.1, 0.15) is 50.0 Å². The molecule has 0 amide bonds. The molecule has 4 heterocycles. The molecule has 38 heavy (non-hydrogen) atoms. The lowest BCUT2D eigenvalue weighted by molar-refractivity contribution is -0.108. The minimum atomic E-state index is -0.952. The third-order valence-electron chi connectivity index (χ3n) is 9.82. The van der Waals surface area contributed by atoms with E-state index in [2.05, 4.69) is 61.6 Å². The monoisotopic (exact) mass is 528 g/mol. The average Bonchev–Trinajstić information content (AvgIpc) is 3.42. The van der Waals surface area contributed by atoms with Crippen molar-refractivity contribution in [1.29, 1.82) is 0 Å². The molecule has 4 unspecified atom stereocenters. The van der Waals surface area contributed by atoms with Crippen molar-refractivity contribution < 1.29 is 14.9 Å². The summed E-state index contributed by atoms with van der Waals surface area (Å²) in [6.07, 6.45) is 4.61. The largest absolute Gasteiger partial charge is 0.387 e. The molecule has 1 aromatic rings. The Morgan fingerprint density at radius 1 is 1.05 bits per heavy atom. The van der Waals surface area contributed by atoms with E-state index in [1.807, 2.05) is 0 Å². The molecular formula is C27H44N8O3. The molecule has 6 aliphatic rings. The Labute approximate surface area is 224 Å². The summed E-state index contributed by atoms with van der Waals surface area (Å²) in [5.41, 5.74) is 10.2. The lowest BCUT2D eigenvalue weighted by atomic mass is 9.76. The van der Waals surface area contributed by atoms with E-state index in [1.54, 1.807) is 0 Å². The number of ether oxygens (including phenoxy) is 1. The Morgan fingerprint density at radius 2 is 1.87 bits per heavy atom. The summed E-state index contributed by atoms with van der Waals surface area (Å²) in [5, 5.41) is 39.0. The van der Waals surface area contributed by atoms with Crippen LogP contribution in [0, 0.1) is 5.92 Å². The maximum absolute atomic E-state index is 10.8. The Kier molecular flexibility index (Phi) is 6.78. The van der Waals surface area contributed by atoms with E-state index < -0.39 is 24.5 Å². The number of nitrogens with one attached hydrogen (secondary N) is 5. The van der Waals surface area contributed by atoms with Crippen molar-refractivity contribution in [3.8, 4) is 0 Å². The summed E-state index contributed by atoms with van der Waals surface area (Å²) in [6, 6.07) is 7.38. The van der Waals surface area contributed by atoms with Crippen LogP contribution in [0.2, 0.25) is 0 Å². The van der Waals surface area contributed by atoms with Crippen molar-refractivity contribution in [2.75, 3.05) is 37.6 Å². The summed E-state index contributed by atoms with van der Waals surface area (Å²) < 4.78 is 6.27. The third-order valence-corrected chi connectivity index (χ3v) is 9.82. The number of aliphatic hydroxyl groups excluding tert-OH is 2. The molecule has 0 bridgehead atoms. The molecule has 2 saturated carbocycles. The Hall–Kier alpha value is -1.54. The van der Waals surface area contributed by atoms with Crippen LogP contribution in [0.5, 0.6) is 0 Å². The van der Waals surface area contributed by atoms with Gasteiger partial charge in [-0.1, -0.05) is 6.07 Å². The van der Waals surface area contributed by atoms with Crippen LogP contribution in [0.25, 0.3) is 0 Å². The highest BCUT2D eigenvalue weighted by Crippen LogP contribution is 2.43. The van der Waals surface area contributed by atoms with E-state index in [0.29, 0.717) is 32.1 Å². The topological polar surface area (TPSA) is 142 Å². The van der Waals surface area contributed by atoms with Crippen LogP contribution >= 0.6 is 0 Å². The molecule has 8 atom stereocenters. The third kappa shape index (κ3) is 4.71. The maximum atomic E-state index is 10.8. The Morgan fingerprint density at radius 3 is 2.68 bits per heavy atom. The van der Waals surface area contributed by atoms with Gasteiger partial charge < -0.3 is 36.2 Å². The number of nitrogens with two attached hydrogens (primary N) is 1. The second-order valence-corrected chi connectivity index (χ2v) is 12.4. The first kappa shape index (κ1) is 25.4. The first-order chi connectivity index (χ1) is 18.4. The normalized spacial score (nSPS) is 42.4. The zero-order chi connectivity index (χ0) is 26.0. The van der Waals surface area contributed by atoms with Crippen LogP contribution < -0.4 is 32.3 Å². The molecule has 210 valence electrons.